The van der Waals surface area contributed by atoms with Crippen LogP contribution in [-0.2, 0) is 0 Å². The molecule has 4 heteroatoms. The van der Waals surface area contributed by atoms with Gasteiger partial charge in [0.15, 0.2) is 0 Å². The highest BCUT2D eigenvalue weighted by atomic mass is 35.5. The Bertz CT molecular complexity index is 441. The van der Waals surface area contributed by atoms with Crippen LogP contribution < -0.4 is 10.6 Å². The molecule has 1 fully saturated rings. The largest absolute Gasteiger partial charge is 0.387 e. The zero-order valence-electron chi connectivity index (χ0n) is 10.1. The Labute approximate surface area is 107 Å². The topological polar surface area (TPSA) is 41.1 Å². The minimum atomic E-state index is -0.0564. The number of halogens is 1. The van der Waals surface area contributed by atoms with Gasteiger partial charge in [-0.25, -0.2) is 0 Å². The molecular weight excluding hydrogens is 236 g/mol. The van der Waals surface area contributed by atoms with Crippen molar-refractivity contribution in [3.8, 4) is 0 Å². The number of anilines is 1. The lowest BCUT2D eigenvalue weighted by Crippen LogP contribution is -2.51. The molecule has 1 saturated carbocycles. The fourth-order valence-corrected chi connectivity index (χ4v) is 2.27. The lowest BCUT2D eigenvalue weighted by molar-refractivity contribution is 0.0851. The fourth-order valence-electron chi connectivity index (χ4n) is 2.10. The summed E-state index contributed by atoms with van der Waals surface area (Å²) in [5.74, 6) is -0.0564. The predicted molar refractivity (Wildman–Crippen MR) is 70.7 cm³/mol. The third-order valence-electron chi connectivity index (χ3n) is 3.37. The molecule has 0 heterocycles. The second-order valence-corrected chi connectivity index (χ2v) is 5.24. The van der Waals surface area contributed by atoms with Crippen molar-refractivity contribution < 1.29 is 4.79 Å². The van der Waals surface area contributed by atoms with Gasteiger partial charge < -0.3 is 10.6 Å². The van der Waals surface area contributed by atoms with Crippen molar-refractivity contribution in [1.82, 2.24) is 5.32 Å². The van der Waals surface area contributed by atoms with Gasteiger partial charge in [-0.1, -0.05) is 11.6 Å². The molecule has 1 aliphatic carbocycles. The van der Waals surface area contributed by atoms with Gasteiger partial charge in [-0.2, -0.15) is 0 Å². The Balaban J connectivity index is 2.20. The van der Waals surface area contributed by atoms with E-state index in [9.17, 15) is 4.79 Å². The van der Waals surface area contributed by atoms with E-state index < -0.39 is 0 Å². The Morgan fingerprint density at radius 3 is 2.65 bits per heavy atom. The van der Waals surface area contributed by atoms with Crippen molar-refractivity contribution in [2.75, 3.05) is 12.4 Å². The molecule has 0 atom stereocenters. The summed E-state index contributed by atoms with van der Waals surface area (Å²) >= 11 is 5.93. The van der Waals surface area contributed by atoms with Gasteiger partial charge in [0, 0.05) is 23.3 Å². The number of carbonyl (C=O) groups is 1. The zero-order valence-corrected chi connectivity index (χ0v) is 10.9. The average Bonchev–Trinajstić information content (AvgIpc) is 2.26. The highest BCUT2D eigenvalue weighted by Gasteiger charge is 2.33. The van der Waals surface area contributed by atoms with Crippen molar-refractivity contribution in [2.45, 2.75) is 31.7 Å². The van der Waals surface area contributed by atoms with Crippen LogP contribution in [-0.4, -0.2) is 18.5 Å². The molecule has 2 rings (SSSR count). The number of hydrogen-bond donors (Lipinski definition) is 2. The van der Waals surface area contributed by atoms with E-state index >= 15 is 0 Å². The van der Waals surface area contributed by atoms with Crippen LogP contribution in [0.4, 0.5) is 5.69 Å². The third kappa shape index (κ3) is 2.55. The first-order chi connectivity index (χ1) is 8.04. The van der Waals surface area contributed by atoms with E-state index in [2.05, 4.69) is 17.6 Å². The van der Waals surface area contributed by atoms with Crippen LogP contribution in [0.15, 0.2) is 18.2 Å². The summed E-state index contributed by atoms with van der Waals surface area (Å²) in [6, 6.07) is 5.29. The first-order valence-corrected chi connectivity index (χ1v) is 6.22. The van der Waals surface area contributed by atoms with E-state index in [4.69, 9.17) is 11.6 Å². The minimum Gasteiger partial charge on any atom is -0.387 e. The van der Waals surface area contributed by atoms with Crippen LogP contribution in [0.2, 0.25) is 5.02 Å². The maximum absolute atomic E-state index is 12.2. The van der Waals surface area contributed by atoms with Gasteiger partial charge in [0.05, 0.1) is 5.56 Å². The summed E-state index contributed by atoms with van der Waals surface area (Å²) in [5, 5.41) is 6.66. The van der Waals surface area contributed by atoms with Crippen molar-refractivity contribution in [3.05, 3.63) is 28.8 Å². The van der Waals surface area contributed by atoms with E-state index in [1.54, 1.807) is 19.2 Å². The standard InChI is InChI=1S/C13H17ClN2O/c1-13(6-3-7-13)16-12(17)10-8-9(14)4-5-11(10)15-2/h4-5,8,15H,3,6-7H2,1-2H3,(H,16,17). The highest BCUT2D eigenvalue weighted by Crippen LogP contribution is 2.32. The summed E-state index contributed by atoms with van der Waals surface area (Å²) < 4.78 is 0. The van der Waals surface area contributed by atoms with Crippen molar-refractivity contribution in [2.24, 2.45) is 0 Å². The molecule has 3 nitrogen and oxygen atoms in total. The second kappa shape index (κ2) is 4.57. The third-order valence-corrected chi connectivity index (χ3v) is 3.60. The summed E-state index contributed by atoms with van der Waals surface area (Å²) in [7, 11) is 1.80. The SMILES string of the molecule is CNc1ccc(Cl)cc1C(=O)NC1(C)CCC1. The summed E-state index contributed by atoms with van der Waals surface area (Å²) in [5.41, 5.74) is 1.37. The van der Waals surface area contributed by atoms with Gasteiger partial charge in [-0.05, 0) is 44.4 Å². The van der Waals surface area contributed by atoms with Gasteiger partial charge in [-0.3, -0.25) is 4.79 Å². The molecule has 0 radical (unpaired) electrons. The summed E-state index contributed by atoms with van der Waals surface area (Å²) in [4.78, 5) is 12.2. The van der Waals surface area contributed by atoms with Crippen LogP contribution in [0.1, 0.15) is 36.5 Å². The smallest absolute Gasteiger partial charge is 0.253 e. The van der Waals surface area contributed by atoms with Crippen LogP contribution in [0.3, 0.4) is 0 Å². The number of amides is 1. The van der Waals surface area contributed by atoms with Gasteiger partial charge in [-0.15, -0.1) is 0 Å². The van der Waals surface area contributed by atoms with E-state index in [1.165, 1.54) is 6.42 Å². The molecule has 92 valence electrons. The maximum atomic E-state index is 12.2. The molecule has 2 N–H and O–H groups in total. The number of nitrogens with one attached hydrogen (secondary N) is 2. The average molecular weight is 253 g/mol. The predicted octanol–water partition coefficient (Wildman–Crippen LogP) is 3.05. The molecule has 17 heavy (non-hydrogen) atoms. The molecular formula is C13H17ClN2O. The minimum absolute atomic E-state index is 0.0373. The van der Waals surface area contributed by atoms with E-state index in [1.807, 2.05) is 6.07 Å². The molecule has 1 aromatic rings. The molecule has 1 aromatic carbocycles. The molecule has 0 unspecified atom stereocenters. The van der Waals surface area contributed by atoms with Gasteiger partial charge in [0.2, 0.25) is 0 Å². The van der Waals surface area contributed by atoms with Crippen LogP contribution >= 0.6 is 11.6 Å². The first-order valence-electron chi connectivity index (χ1n) is 5.84. The molecule has 1 amide bonds. The van der Waals surface area contributed by atoms with E-state index in [-0.39, 0.29) is 11.4 Å². The van der Waals surface area contributed by atoms with Crippen molar-refractivity contribution >= 4 is 23.2 Å². The van der Waals surface area contributed by atoms with Crippen molar-refractivity contribution in [1.29, 1.82) is 0 Å². The number of benzene rings is 1. The van der Waals surface area contributed by atoms with Crippen LogP contribution in [0.25, 0.3) is 0 Å². The first kappa shape index (κ1) is 12.2. The molecule has 0 spiro atoms. The lowest BCUT2D eigenvalue weighted by Gasteiger charge is -2.39. The summed E-state index contributed by atoms with van der Waals surface area (Å²) in [6.45, 7) is 2.08. The lowest BCUT2D eigenvalue weighted by atomic mass is 9.78. The normalized spacial score (nSPS) is 17.1. The monoisotopic (exact) mass is 252 g/mol. The Kier molecular flexibility index (Phi) is 3.29. The number of hydrogen-bond acceptors (Lipinski definition) is 2. The van der Waals surface area contributed by atoms with E-state index in [0.717, 1.165) is 18.5 Å². The molecule has 0 aliphatic heterocycles. The van der Waals surface area contributed by atoms with Gasteiger partial charge in [0.25, 0.3) is 5.91 Å². The fraction of sp³-hybridized carbons (Fsp3) is 0.462. The van der Waals surface area contributed by atoms with Gasteiger partial charge >= 0.3 is 0 Å². The number of rotatable bonds is 3. The van der Waals surface area contributed by atoms with Crippen LogP contribution in [0.5, 0.6) is 0 Å². The quantitative estimate of drug-likeness (QED) is 0.868. The van der Waals surface area contributed by atoms with E-state index in [0.29, 0.717) is 10.6 Å². The molecule has 1 aliphatic rings. The van der Waals surface area contributed by atoms with Crippen LogP contribution in [0, 0.1) is 0 Å². The second-order valence-electron chi connectivity index (χ2n) is 4.81. The van der Waals surface area contributed by atoms with Crippen molar-refractivity contribution in [3.63, 3.8) is 0 Å². The maximum Gasteiger partial charge on any atom is 0.253 e. The molecule has 0 aromatic heterocycles. The molecule has 0 bridgehead atoms. The Morgan fingerprint density at radius 1 is 1.41 bits per heavy atom. The zero-order chi connectivity index (χ0) is 12.5. The summed E-state index contributed by atoms with van der Waals surface area (Å²) in [6.07, 6.45) is 3.29. The molecule has 0 saturated heterocycles. The Hall–Kier alpha value is -1.22. The highest BCUT2D eigenvalue weighted by molar-refractivity contribution is 6.31. The Morgan fingerprint density at radius 2 is 2.12 bits per heavy atom. The number of carbonyl (C=O) groups excluding carboxylic acids is 1. The van der Waals surface area contributed by atoms with Gasteiger partial charge in [0.1, 0.15) is 0 Å².